The Labute approximate surface area is 194 Å². The molecule has 1 saturated heterocycles. The summed E-state index contributed by atoms with van der Waals surface area (Å²) >= 11 is 13.9. The van der Waals surface area contributed by atoms with Crippen molar-refractivity contribution < 1.29 is 9.59 Å². The first kappa shape index (κ1) is 21.6. The Kier molecular flexibility index (Phi) is 6.75. The number of nitrogens with zero attached hydrogens (tertiary/aromatic N) is 3. The third kappa shape index (κ3) is 5.01. The predicted octanol–water partition coefficient (Wildman–Crippen LogP) is 4.10. The number of aromatic nitrogens is 1. The number of benzene rings is 1. The van der Waals surface area contributed by atoms with E-state index in [0.29, 0.717) is 35.2 Å². The maximum Gasteiger partial charge on any atom is 0.255 e. The molecule has 4 rings (SSSR count). The number of halogens is 2. The molecular weight excluding hydrogens is 455 g/mol. The van der Waals surface area contributed by atoms with Crippen LogP contribution in [0.25, 0.3) is 0 Å². The monoisotopic (exact) mass is 474 g/mol. The molecule has 1 atom stereocenters. The first-order valence-corrected chi connectivity index (χ1v) is 11.4. The summed E-state index contributed by atoms with van der Waals surface area (Å²) in [6.07, 6.45) is 3.17. The van der Waals surface area contributed by atoms with Crippen LogP contribution in [0, 0.1) is 0 Å². The number of piperazine rings is 1. The van der Waals surface area contributed by atoms with Crippen LogP contribution in [0.3, 0.4) is 0 Å². The molecule has 3 aromatic rings. The Morgan fingerprint density at radius 3 is 2.71 bits per heavy atom. The van der Waals surface area contributed by atoms with Crippen LogP contribution in [0.1, 0.15) is 15.2 Å². The molecule has 0 bridgehead atoms. The largest absolute Gasteiger partial charge is 0.356 e. The topological polar surface area (TPSA) is 65.5 Å². The van der Waals surface area contributed by atoms with Gasteiger partial charge in [0.2, 0.25) is 5.91 Å². The van der Waals surface area contributed by atoms with E-state index in [2.05, 4.69) is 10.3 Å². The van der Waals surface area contributed by atoms with Crippen molar-refractivity contribution in [1.29, 1.82) is 0 Å². The number of carbonyl (C=O) groups is 2. The maximum absolute atomic E-state index is 13.2. The zero-order valence-corrected chi connectivity index (χ0v) is 18.8. The predicted molar refractivity (Wildman–Crippen MR) is 124 cm³/mol. The standard InChI is InChI=1S/C22H20Cl2N4O2S/c23-18-6-5-16(11-19(18)24)28-9-8-27(22(30)15-3-1-7-25-12-15)14-20(28)21(29)26-13-17-4-2-10-31-17/h1-7,10-12,20H,8-9,13-14H2,(H,26,29). The van der Waals surface area contributed by atoms with Crippen molar-refractivity contribution in [3.05, 3.63) is 80.7 Å². The molecule has 1 aromatic carbocycles. The summed E-state index contributed by atoms with van der Waals surface area (Å²) in [6, 6.07) is 12.1. The van der Waals surface area contributed by atoms with E-state index in [9.17, 15) is 9.59 Å². The van der Waals surface area contributed by atoms with E-state index >= 15 is 0 Å². The normalized spacial score (nSPS) is 16.3. The lowest BCUT2D eigenvalue weighted by atomic mass is 10.1. The molecule has 31 heavy (non-hydrogen) atoms. The molecule has 0 aliphatic carbocycles. The van der Waals surface area contributed by atoms with Gasteiger partial charge in [0.15, 0.2) is 0 Å². The van der Waals surface area contributed by atoms with Gasteiger partial charge >= 0.3 is 0 Å². The van der Waals surface area contributed by atoms with E-state index < -0.39 is 6.04 Å². The number of anilines is 1. The van der Waals surface area contributed by atoms with E-state index in [-0.39, 0.29) is 18.4 Å². The zero-order valence-electron chi connectivity index (χ0n) is 16.5. The number of carbonyl (C=O) groups excluding carboxylic acids is 2. The van der Waals surface area contributed by atoms with Crippen molar-refractivity contribution in [2.45, 2.75) is 12.6 Å². The number of rotatable bonds is 5. The molecule has 0 radical (unpaired) electrons. The SMILES string of the molecule is O=C(NCc1cccs1)C1CN(C(=O)c2cccnc2)CCN1c1ccc(Cl)c(Cl)c1. The van der Waals surface area contributed by atoms with E-state index in [4.69, 9.17) is 23.2 Å². The van der Waals surface area contributed by atoms with E-state index in [1.165, 1.54) is 0 Å². The second kappa shape index (κ2) is 9.68. The summed E-state index contributed by atoms with van der Waals surface area (Å²) in [6.45, 7) is 1.66. The number of amides is 2. The molecule has 3 heterocycles. The summed E-state index contributed by atoms with van der Waals surface area (Å²) < 4.78 is 0. The third-order valence-electron chi connectivity index (χ3n) is 5.13. The van der Waals surface area contributed by atoms with Crippen LogP contribution in [-0.4, -0.2) is 47.4 Å². The van der Waals surface area contributed by atoms with E-state index in [1.54, 1.807) is 52.9 Å². The summed E-state index contributed by atoms with van der Waals surface area (Å²) in [5.41, 5.74) is 1.29. The average Bonchev–Trinajstić information content (AvgIpc) is 3.33. The van der Waals surface area contributed by atoms with Gasteiger partial charge in [-0.3, -0.25) is 14.6 Å². The van der Waals surface area contributed by atoms with Gasteiger partial charge in [-0.15, -0.1) is 11.3 Å². The smallest absolute Gasteiger partial charge is 0.255 e. The quantitative estimate of drug-likeness (QED) is 0.604. The molecule has 1 unspecified atom stereocenters. The summed E-state index contributed by atoms with van der Waals surface area (Å²) in [5.74, 6) is -0.291. The van der Waals surface area contributed by atoms with Crippen molar-refractivity contribution >= 4 is 52.0 Å². The van der Waals surface area contributed by atoms with Gasteiger partial charge in [0.25, 0.3) is 5.91 Å². The van der Waals surface area contributed by atoms with Crippen molar-refractivity contribution in [3.8, 4) is 0 Å². The molecule has 2 amide bonds. The first-order valence-electron chi connectivity index (χ1n) is 9.74. The number of pyridine rings is 1. The van der Waals surface area contributed by atoms with Gasteiger partial charge in [-0.05, 0) is 41.8 Å². The molecular formula is C22H20Cl2N4O2S. The fraction of sp³-hybridized carbons (Fsp3) is 0.227. The van der Waals surface area contributed by atoms with Crippen LogP contribution in [0.4, 0.5) is 5.69 Å². The highest BCUT2D eigenvalue weighted by molar-refractivity contribution is 7.09. The molecule has 160 valence electrons. The highest BCUT2D eigenvalue weighted by Gasteiger charge is 2.35. The maximum atomic E-state index is 13.2. The fourth-order valence-electron chi connectivity index (χ4n) is 3.54. The minimum absolute atomic E-state index is 0.141. The van der Waals surface area contributed by atoms with Gasteiger partial charge in [0, 0.05) is 36.0 Å². The van der Waals surface area contributed by atoms with Crippen LogP contribution in [0.15, 0.2) is 60.2 Å². The van der Waals surface area contributed by atoms with Crippen molar-refractivity contribution in [1.82, 2.24) is 15.2 Å². The van der Waals surface area contributed by atoms with Gasteiger partial charge in [0.05, 0.1) is 28.7 Å². The highest BCUT2D eigenvalue weighted by atomic mass is 35.5. The van der Waals surface area contributed by atoms with Crippen LogP contribution >= 0.6 is 34.5 Å². The molecule has 2 aromatic heterocycles. The minimum Gasteiger partial charge on any atom is -0.356 e. The molecule has 1 aliphatic heterocycles. The number of hydrogen-bond donors (Lipinski definition) is 1. The summed E-state index contributed by atoms with van der Waals surface area (Å²) in [5, 5.41) is 5.85. The molecule has 6 nitrogen and oxygen atoms in total. The van der Waals surface area contributed by atoms with Crippen molar-refractivity contribution in [2.24, 2.45) is 0 Å². The molecule has 9 heteroatoms. The minimum atomic E-state index is -0.563. The Bertz CT molecular complexity index is 1060. The number of hydrogen-bond acceptors (Lipinski definition) is 5. The molecule has 1 aliphatic rings. The van der Waals surface area contributed by atoms with E-state index in [1.807, 2.05) is 28.5 Å². The Hall–Kier alpha value is -2.61. The second-order valence-corrected chi connectivity index (χ2v) is 8.94. The van der Waals surface area contributed by atoms with E-state index in [0.717, 1.165) is 10.6 Å². The zero-order chi connectivity index (χ0) is 21.8. The van der Waals surface area contributed by atoms with Gasteiger partial charge in [-0.2, -0.15) is 0 Å². The third-order valence-corrected chi connectivity index (χ3v) is 6.75. The van der Waals surface area contributed by atoms with Gasteiger partial charge in [0.1, 0.15) is 6.04 Å². The molecule has 1 fully saturated rings. The molecule has 1 N–H and O–H groups in total. The second-order valence-electron chi connectivity index (χ2n) is 7.10. The van der Waals surface area contributed by atoms with Crippen LogP contribution in [-0.2, 0) is 11.3 Å². The fourth-order valence-corrected chi connectivity index (χ4v) is 4.48. The van der Waals surface area contributed by atoms with Crippen LogP contribution in [0.2, 0.25) is 10.0 Å². The van der Waals surface area contributed by atoms with Crippen LogP contribution < -0.4 is 10.2 Å². The van der Waals surface area contributed by atoms with Gasteiger partial charge < -0.3 is 15.1 Å². The Balaban J connectivity index is 1.56. The highest BCUT2D eigenvalue weighted by Crippen LogP contribution is 2.29. The number of thiophene rings is 1. The first-order chi connectivity index (χ1) is 15.0. The Morgan fingerprint density at radius 2 is 2.00 bits per heavy atom. The molecule has 0 saturated carbocycles. The lowest BCUT2D eigenvalue weighted by Crippen LogP contribution is -2.60. The van der Waals surface area contributed by atoms with Crippen molar-refractivity contribution in [2.75, 3.05) is 24.5 Å². The lowest BCUT2D eigenvalue weighted by molar-refractivity contribution is -0.123. The Morgan fingerprint density at radius 1 is 1.13 bits per heavy atom. The number of nitrogens with one attached hydrogen (secondary N) is 1. The van der Waals surface area contributed by atoms with Crippen LogP contribution in [0.5, 0.6) is 0 Å². The van der Waals surface area contributed by atoms with Gasteiger partial charge in [-0.1, -0.05) is 29.3 Å². The average molecular weight is 475 g/mol. The summed E-state index contributed by atoms with van der Waals surface area (Å²) in [7, 11) is 0. The lowest BCUT2D eigenvalue weighted by Gasteiger charge is -2.42. The molecule has 0 spiro atoms. The van der Waals surface area contributed by atoms with Crippen molar-refractivity contribution in [3.63, 3.8) is 0 Å². The summed E-state index contributed by atoms with van der Waals surface area (Å²) in [4.78, 5) is 34.9. The van der Waals surface area contributed by atoms with Gasteiger partial charge in [-0.25, -0.2) is 0 Å².